The molecular weight excluding hydrogens is 488 g/mol. The summed E-state index contributed by atoms with van der Waals surface area (Å²) in [5.41, 5.74) is 0.919. The number of fused-ring (bicyclic) bond motifs is 1. The third-order valence-electron chi connectivity index (χ3n) is 7.87. The molecule has 3 fully saturated rings. The van der Waals surface area contributed by atoms with Crippen molar-refractivity contribution in [2.75, 3.05) is 18.0 Å². The van der Waals surface area contributed by atoms with E-state index in [1.807, 2.05) is 23.6 Å². The number of Topliss-reactive ketones (excluding diaryl/α,β-unsaturated/α-hetero) is 1. The number of rotatable bonds is 7. The maximum Gasteiger partial charge on any atom is 0.323 e. The second-order valence-corrected chi connectivity index (χ2v) is 11.2. The first-order valence-corrected chi connectivity index (χ1v) is 13.7. The Hall–Kier alpha value is -3.64. The largest absolute Gasteiger partial charge is 0.451 e. The highest BCUT2D eigenvalue weighted by molar-refractivity contribution is 7.14. The third-order valence-corrected chi connectivity index (χ3v) is 8.74. The Kier molecular flexibility index (Phi) is 5.80. The molecule has 1 aromatic carbocycles. The number of hydrogen-bond acceptors (Lipinski definition) is 6. The van der Waals surface area contributed by atoms with Crippen LogP contribution in [0, 0.1) is 17.8 Å². The molecule has 0 spiro atoms. The summed E-state index contributed by atoms with van der Waals surface area (Å²) in [5.74, 6) is 2.64. The van der Waals surface area contributed by atoms with E-state index in [2.05, 4.69) is 21.5 Å². The van der Waals surface area contributed by atoms with Crippen molar-refractivity contribution in [1.29, 1.82) is 0 Å². The number of amides is 3. The molecule has 2 aromatic heterocycles. The standard InChI is InChI=1S/C28H28N4O4S/c1-2-27(10-11-27)16-23(33)28(8-4-3-5-9-28)31-24(34)22-15-19-7-6-18(14-21(19)36-22)20-17-37-26(30-20)32-13-12-29-25(32)35/h1,6-7,14-15,17H,3-5,8-13,16H2,(H,29,35)(H,31,34). The van der Waals surface area contributed by atoms with Gasteiger partial charge in [0.05, 0.1) is 11.2 Å². The lowest BCUT2D eigenvalue weighted by atomic mass is 9.75. The minimum atomic E-state index is -0.884. The Balaban J connectivity index is 1.22. The number of urea groups is 1. The lowest BCUT2D eigenvalue weighted by Gasteiger charge is -2.37. The molecule has 8 nitrogen and oxygen atoms in total. The monoisotopic (exact) mass is 516 g/mol. The van der Waals surface area contributed by atoms with E-state index in [0.717, 1.165) is 48.7 Å². The number of carbonyl (C=O) groups is 3. The van der Waals surface area contributed by atoms with Crippen LogP contribution in [-0.4, -0.2) is 41.3 Å². The average molecular weight is 517 g/mol. The van der Waals surface area contributed by atoms with Crippen molar-refractivity contribution in [3.63, 3.8) is 0 Å². The molecule has 3 aromatic rings. The van der Waals surface area contributed by atoms with Gasteiger partial charge in [-0.15, -0.1) is 17.8 Å². The Morgan fingerprint density at radius 2 is 2.00 bits per heavy atom. The number of benzene rings is 1. The zero-order chi connectivity index (χ0) is 25.6. The van der Waals surface area contributed by atoms with Crippen LogP contribution in [0.1, 0.15) is 61.9 Å². The van der Waals surface area contributed by atoms with Gasteiger partial charge in [-0.25, -0.2) is 9.78 Å². The van der Waals surface area contributed by atoms with Crippen LogP contribution in [0.3, 0.4) is 0 Å². The SMILES string of the molecule is C#CC1(CC(=O)C2(NC(=O)c3cc4ccc(-c5csc(N6CCNC6=O)n5)cc4o3)CCCCC2)CC1. The van der Waals surface area contributed by atoms with E-state index >= 15 is 0 Å². The van der Waals surface area contributed by atoms with Crippen LogP contribution in [0.2, 0.25) is 0 Å². The van der Waals surface area contributed by atoms with Crippen molar-refractivity contribution in [2.24, 2.45) is 5.41 Å². The minimum Gasteiger partial charge on any atom is -0.451 e. The van der Waals surface area contributed by atoms with Gasteiger partial charge in [-0.05, 0) is 37.8 Å². The molecule has 0 bridgehead atoms. The van der Waals surface area contributed by atoms with Crippen molar-refractivity contribution in [3.8, 4) is 23.6 Å². The van der Waals surface area contributed by atoms with Crippen LogP contribution in [-0.2, 0) is 4.79 Å². The predicted molar refractivity (Wildman–Crippen MR) is 141 cm³/mol. The number of thiazole rings is 1. The van der Waals surface area contributed by atoms with Crippen LogP contribution in [0.4, 0.5) is 9.93 Å². The summed E-state index contributed by atoms with van der Waals surface area (Å²) < 4.78 is 5.96. The highest BCUT2D eigenvalue weighted by Gasteiger charge is 2.49. The molecule has 0 atom stereocenters. The Morgan fingerprint density at radius 3 is 2.70 bits per heavy atom. The third kappa shape index (κ3) is 4.40. The summed E-state index contributed by atoms with van der Waals surface area (Å²) in [6, 6.07) is 7.22. The summed E-state index contributed by atoms with van der Waals surface area (Å²) in [6.07, 6.45) is 11.9. The molecule has 1 saturated heterocycles. The molecule has 3 amide bonds. The first-order chi connectivity index (χ1) is 17.9. The average Bonchev–Trinajstić information content (AvgIpc) is 3.25. The molecule has 1 aliphatic heterocycles. The van der Waals surface area contributed by atoms with Crippen molar-refractivity contribution in [1.82, 2.24) is 15.6 Å². The van der Waals surface area contributed by atoms with Gasteiger partial charge in [0.25, 0.3) is 5.91 Å². The van der Waals surface area contributed by atoms with Crippen molar-refractivity contribution in [3.05, 3.63) is 35.4 Å². The van der Waals surface area contributed by atoms with Crippen LogP contribution < -0.4 is 15.5 Å². The number of furan rings is 1. The summed E-state index contributed by atoms with van der Waals surface area (Å²) in [7, 11) is 0. The smallest absolute Gasteiger partial charge is 0.323 e. The number of ketones is 1. The van der Waals surface area contributed by atoms with Gasteiger partial charge in [0.15, 0.2) is 16.7 Å². The lowest BCUT2D eigenvalue weighted by molar-refractivity contribution is -0.127. The van der Waals surface area contributed by atoms with Crippen LogP contribution >= 0.6 is 11.3 Å². The number of carbonyl (C=O) groups excluding carboxylic acids is 3. The van der Waals surface area contributed by atoms with Gasteiger partial charge >= 0.3 is 6.03 Å². The highest BCUT2D eigenvalue weighted by atomic mass is 32.1. The first kappa shape index (κ1) is 23.7. The number of nitrogens with one attached hydrogen (secondary N) is 2. The Bertz CT molecular complexity index is 1440. The van der Waals surface area contributed by atoms with Crippen LogP contribution in [0.15, 0.2) is 34.1 Å². The second kappa shape index (κ2) is 9.03. The van der Waals surface area contributed by atoms with Crippen LogP contribution in [0.5, 0.6) is 0 Å². The number of nitrogens with zero attached hydrogens (tertiary/aromatic N) is 2. The fraction of sp³-hybridized carbons (Fsp3) is 0.429. The minimum absolute atomic E-state index is 0.0421. The number of terminal acetylenes is 1. The van der Waals surface area contributed by atoms with Gasteiger partial charge in [-0.1, -0.05) is 37.3 Å². The molecule has 2 aliphatic carbocycles. The van der Waals surface area contributed by atoms with Gasteiger partial charge in [0.2, 0.25) is 0 Å². The summed E-state index contributed by atoms with van der Waals surface area (Å²) >= 11 is 1.41. The van der Waals surface area contributed by atoms with E-state index in [-0.39, 0.29) is 28.9 Å². The van der Waals surface area contributed by atoms with E-state index in [4.69, 9.17) is 10.8 Å². The normalized spacial score (nSPS) is 19.9. The predicted octanol–water partition coefficient (Wildman–Crippen LogP) is 4.89. The van der Waals surface area contributed by atoms with E-state index in [1.165, 1.54) is 11.3 Å². The molecule has 37 heavy (non-hydrogen) atoms. The number of aromatic nitrogens is 1. The molecule has 3 heterocycles. The summed E-state index contributed by atoms with van der Waals surface area (Å²) in [4.78, 5) is 44.9. The van der Waals surface area contributed by atoms with E-state index < -0.39 is 5.54 Å². The number of hydrogen-bond donors (Lipinski definition) is 2. The molecule has 0 unspecified atom stereocenters. The molecule has 3 aliphatic rings. The fourth-order valence-corrected chi connectivity index (χ4v) is 6.24. The van der Waals surface area contributed by atoms with Gasteiger partial charge in [0, 0.05) is 41.3 Å². The molecule has 0 radical (unpaired) electrons. The second-order valence-electron chi connectivity index (χ2n) is 10.4. The first-order valence-electron chi connectivity index (χ1n) is 12.8. The quantitative estimate of drug-likeness (QED) is 0.435. The molecule has 9 heteroatoms. The van der Waals surface area contributed by atoms with Crippen LogP contribution in [0.25, 0.3) is 22.2 Å². The fourth-order valence-electron chi connectivity index (χ4n) is 5.38. The van der Waals surface area contributed by atoms with E-state index in [0.29, 0.717) is 43.1 Å². The number of anilines is 1. The molecule has 2 saturated carbocycles. The van der Waals surface area contributed by atoms with E-state index in [9.17, 15) is 14.4 Å². The zero-order valence-electron chi connectivity index (χ0n) is 20.5. The van der Waals surface area contributed by atoms with E-state index in [1.54, 1.807) is 11.0 Å². The van der Waals surface area contributed by atoms with Crippen molar-refractivity contribution >= 4 is 45.2 Å². The molecular formula is C28H28N4O4S. The highest BCUT2D eigenvalue weighted by Crippen LogP contribution is 2.49. The van der Waals surface area contributed by atoms with Crippen molar-refractivity contribution < 1.29 is 18.8 Å². The molecule has 2 N–H and O–H groups in total. The molecule has 6 rings (SSSR count). The maximum atomic E-state index is 13.4. The van der Waals surface area contributed by atoms with Crippen molar-refractivity contribution in [2.45, 2.75) is 56.9 Å². The molecule has 190 valence electrons. The van der Waals surface area contributed by atoms with Gasteiger partial charge < -0.3 is 15.1 Å². The van der Waals surface area contributed by atoms with Gasteiger partial charge in [-0.2, -0.15) is 0 Å². The topological polar surface area (TPSA) is 105 Å². The Labute approximate surface area is 218 Å². The van der Waals surface area contributed by atoms with Gasteiger partial charge in [-0.3, -0.25) is 14.5 Å². The maximum absolute atomic E-state index is 13.4. The summed E-state index contributed by atoms with van der Waals surface area (Å²) in [6.45, 7) is 1.20. The summed E-state index contributed by atoms with van der Waals surface area (Å²) in [5, 5.41) is 9.18. The lowest BCUT2D eigenvalue weighted by Crippen LogP contribution is -2.56. The zero-order valence-corrected chi connectivity index (χ0v) is 21.3. The Morgan fingerprint density at radius 1 is 1.19 bits per heavy atom. The van der Waals surface area contributed by atoms with Gasteiger partial charge in [0.1, 0.15) is 5.58 Å².